The smallest absolute Gasteiger partial charge is 0.407 e. The fourth-order valence-corrected chi connectivity index (χ4v) is 3.79. The van der Waals surface area contributed by atoms with Crippen LogP contribution in [0, 0.1) is 22.7 Å². The number of amides is 2. The van der Waals surface area contributed by atoms with Crippen molar-refractivity contribution in [3.8, 4) is 0 Å². The van der Waals surface area contributed by atoms with E-state index in [1.54, 1.807) is 0 Å². The Labute approximate surface area is 136 Å². The Morgan fingerprint density at radius 3 is 2.30 bits per heavy atom. The fourth-order valence-electron chi connectivity index (χ4n) is 3.79. The molecular weight excluding hydrogens is 300 g/mol. The molecule has 130 valence electrons. The molecule has 0 radical (unpaired) electrons. The second-order valence-electron chi connectivity index (χ2n) is 8.16. The number of likely N-dealkylation sites (tertiary alicyclic amines) is 1. The molecule has 4 atom stereocenters. The predicted octanol–water partition coefficient (Wildman–Crippen LogP) is 1.32. The maximum atomic E-state index is 12.9. The van der Waals surface area contributed by atoms with Crippen LogP contribution >= 0.6 is 0 Å². The molecule has 0 aromatic rings. The second-order valence-corrected chi connectivity index (χ2v) is 8.16. The van der Waals surface area contributed by atoms with E-state index in [9.17, 15) is 19.5 Å². The van der Waals surface area contributed by atoms with Gasteiger partial charge in [-0.3, -0.25) is 4.79 Å². The number of ether oxygens (including phenoxy) is 1. The molecule has 23 heavy (non-hydrogen) atoms. The van der Waals surface area contributed by atoms with Crippen molar-refractivity contribution in [2.45, 2.75) is 46.7 Å². The van der Waals surface area contributed by atoms with Crippen LogP contribution < -0.4 is 5.32 Å². The number of methoxy groups -OCH3 is 1. The zero-order chi connectivity index (χ0) is 17.7. The van der Waals surface area contributed by atoms with E-state index < -0.39 is 29.6 Å². The van der Waals surface area contributed by atoms with Gasteiger partial charge in [0.1, 0.15) is 12.1 Å². The molecule has 7 nitrogen and oxygen atoms in total. The zero-order valence-corrected chi connectivity index (χ0v) is 14.5. The van der Waals surface area contributed by atoms with Crippen molar-refractivity contribution in [3.05, 3.63) is 0 Å². The maximum Gasteiger partial charge on any atom is 0.407 e. The molecule has 2 aliphatic rings. The van der Waals surface area contributed by atoms with E-state index >= 15 is 0 Å². The van der Waals surface area contributed by atoms with Crippen LogP contribution in [0.15, 0.2) is 0 Å². The van der Waals surface area contributed by atoms with Gasteiger partial charge in [-0.05, 0) is 16.7 Å². The SMILES string of the molecule is COC(=O)NC(C(=O)N1C[C@H]2[C@@H]([C@H]1C(=O)O)C2(C)C)C(C)(C)C. The molecule has 2 fully saturated rings. The number of carboxylic acids is 1. The molecule has 0 aromatic carbocycles. The summed E-state index contributed by atoms with van der Waals surface area (Å²) in [4.78, 5) is 37.6. The normalized spacial score (nSPS) is 29.5. The predicted molar refractivity (Wildman–Crippen MR) is 82.7 cm³/mol. The average Bonchev–Trinajstić information content (AvgIpc) is 2.81. The molecule has 0 spiro atoms. The second kappa shape index (κ2) is 5.39. The molecule has 2 rings (SSSR count). The molecule has 1 unspecified atom stereocenters. The molecule has 1 aliphatic heterocycles. The van der Waals surface area contributed by atoms with Crippen LogP contribution in [-0.2, 0) is 14.3 Å². The summed E-state index contributed by atoms with van der Waals surface area (Å²) in [6, 6.07) is -1.66. The fraction of sp³-hybridized carbons (Fsp3) is 0.812. The summed E-state index contributed by atoms with van der Waals surface area (Å²) in [7, 11) is 1.23. The molecule has 2 N–H and O–H groups in total. The van der Waals surface area contributed by atoms with E-state index in [-0.39, 0.29) is 23.2 Å². The first-order valence-corrected chi connectivity index (χ1v) is 7.80. The van der Waals surface area contributed by atoms with Crippen LogP contribution in [0.4, 0.5) is 4.79 Å². The number of aliphatic carboxylic acids is 1. The van der Waals surface area contributed by atoms with Gasteiger partial charge in [0, 0.05) is 12.5 Å². The van der Waals surface area contributed by atoms with Gasteiger partial charge < -0.3 is 20.1 Å². The minimum Gasteiger partial charge on any atom is -0.480 e. The Hall–Kier alpha value is -1.79. The third kappa shape index (κ3) is 2.88. The van der Waals surface area contributed by atoms with Crippen molar-refractivity contribution in [3.63, 3.8) is 0 Å². The van der Waals surface area contributed by atoms with Gasteiger partial charge >= 0.3 is 12.1 Å². The van der Waals surface area contributed by atoms with E-state index in [1.165, 1.54) is 12.0 Å². The van der Waals surface area contributed by atoms with Crippen molar-refractivity contribution in [1.29, 1.82) is 0 Å². The Morgan fingerprint density at radius 2 is 1.87 bits per heavy atom. The van der Waals surface area contributed by atoms with Gasteiger partial charge in [0.2, 0.25) is 5.91 Å². The summed E-state index contributed by atoms with van der Waals surface area (Å²) in [5, 5.41) is 12.1. The lowest BCUT2D eigenvalue weighted by molar-refractivity contribution is -0.152. The summed E-state index contributed by atoms with van der Waals surface area (Å²) in [5.41, 5.74) is -0.608. The summed E-state index contributed by atoms with van der Waals surface area (Å²) < 4.78 is 4.59. The highest BCUT2D eigenvalue weighted by Gasteiger charge is 2.70. The number of rotatable bonds is 3. The summed E-state index contributed by atoms with van der Waals surface area (Å²) in [6.07, 6.45) is -0.699. The van der Waals surface area contributed by atoms with Crippen LogP contribution in [-0.4, -0.2) is 53.7 Å². The summed E-state index contributed by atoms with van der Waals surface area (Å²) in [6.45, 7) is 9.96. The molecule has 1 heterocycles. The lowest BCUT2D eigenvalue weighted by Gasteiger charge is -2.36. The number of hydrogen-bond donors (Lipinski definition) is 2. The van der Waals surface area contributed by atoms with Crippen LogP contribution in [0.25, 0.3) is 0 Å². The molecular formula is C16H26N2O5. The Kier molecular flexibility index (Phi) is 4.11. The molecule has 1 aliphatic carbocycles. The number of carboxylic acid groups (broad SMARTS) is 1. The summed E-state index contributed by atoms with van der Waals surface area (Å²) in [5.74, 6) is -1.17. The van der Waals surface area contributed by atoms with E-state index in [2.05, 4.69) is 10.1 Å². The molecule has 1 saturated heterocycles. The Balaban J connectivity index is 2.23. The van der Waals surface area contributed by atoms with Gasteiger partial charge in [-0.1, -0.05) is 34.6 Å². The van der Waals surface area contributed by atoms with Gasteiger partial charge in [-0.2, -0.15) is 0 Å². The molecule has 0 bridgehead atoms. The van der Waals surface area contributed by atoms with Crippen molar-refractivity contribution >= 4 is 18.0 Å². The molecule has 2 amide bonds. The molecule has 0 aromatic heterocycles. The van der Waals surface area contributed by atoms with E-state index in [4.69, 9.17) is 0 Å². The first-order chi connectivity index (χ1) is 10.4. The van der Waals surface area contributed by atoms with E-state index in [1.807, 2.05) is 34.6 Å². The number of carbonyl (C=O) groups is 3. The van der Waals surface area contributed by atoms with E-state index in [0.29, 0.717) is 6.54 Å². The number of hydrogen-bond acceptors (Lipinski definition) is 4. The van der Waals surface area contributed by atoms with Gasteiger partial charge in [-0.15, -0.1) is 0 Å². The van der Waals surface area contributed by atoms with Crippen molar-refractivity contribution in [2.24, 2.45) is 22.7 Å². The third-order valence-electron chi connectivity index (χ3n) is 5.31. The minimum atomic E-state index is -0.984. The van der Waals surface area contributed by atoms with Crippen molar-refractivity contribution in [2.75, 3.05) is 13.7 Å². The highest BCUT2D eigenvalue weighted by molar-refractivity contribution is 5.91. The molecule has 1 saturated carbocycles. The van der Waals surface area contributed by atoms with Gasteiger partial charge in [0.15, 0.2) is 0 Å². The third-order valence-corrected chi connectivity index (χ3v) is 5.31. The van der Waals surface area contributed by atoms with Gasteiger partial charge in [0.25, 0.3) is 0 Å². The highest BCUT2D eigenvalue weighted by Crippen LogP contribution is 2.64. The number of piperidine rings is 1. The van der Waals surface area contributed by atoms with Crippen LogP contribution in [0.5, 0.6) is 0 Å². The first kappa shape index (κ1) is 17.6. The zero-order valence-electron chi connectivity index (χ0n) is 14.5. The summed E-state index contributed by atoms with van der Waals surface area (Å²) >= 11 is 0. The first-order valence-electron chi connectivity index (χ1n) is 7.80. The van der Waals surface area contributed by atoms with Crippen molar-refractivity contribution in [1.82, 2.24) is 10.2 Å². The highest BCUT2D eigenvalue weighted by atomic mass is 16.5. The van der Waals surface area contributed by atoms with Crippen LogP contribution in [0.1, 0.15) is 34.6 Å². The monoisotopic (exact) mass is 326 g/mol. The van der Waals surface area contributed by atoms with Crippen LogP contribution in [0.2, 0.25) is 0 Å². The Morgan fingerprint density at radius 1 is 1.30 bits per heavy atom. The quantitative estimate of drug-likeness (QED) is 0.815. The number of nitrogens with one attached hydrogen (secondary N) is 1. The standard InChI is InChI=1S/C16H26N2O5/c1-15(2,3)11(17-14(22)23-6)12(19)18-7-8-9(16(8,4)5)10(18)13(20)21/h8-11H,7H2,1-6H3,(H,17,22)(H,20,21)/t8-,9-,10-,11?/m0/s1. The minimum absolute atomic E-state index is 0.0253. The van der Waals surface area contributed by atoms with Crippen LogP contribution in [0.3, 0.4) is 0 Å². The van der Waals surface area contributed by atoms with Gasteiger partial charge in [-0.25, -0.2) is 9.59 Å². The lowest BCUT2D eigenvalue weighted by atomic mass is 9.85. The van der Waals surface area contributed by atoms with Crippen molar-refractivity contribution < 1.29 is 24.2 Å². The average molecular weight is 326 g/mol. The number of nitrogens with zero attached hydrogens (tertiary/aromatic N) is 1. The number of carbonyl (C=O) groups excluding carboxylic acids is 2. The lowest BCUT2D eigenvalue weighted by Crippen LogP contribution is -2.58. The number of fused-ring (bicyclic) bond motifs is 1. The largest absolute Gasteiger partial charge is 0.480 e. The Bertz CT molecular complexity index is 537. The topological polar surface area (TPSA) is 95.9 Å². The van der Waals surface area contributed by atoms with E-state index in [0.717, 1.165) is 0 Å². The maximum absolute atomic E-state index is 12.9. The number of alkyl carbamates (subject to hydrolysis) is 1. The van der Waals surface area contributed by atoms with Gasteiger partial charge in [0.05, 0.1) is 7.11 Å². The molecule has 7 heteroatoms.